The van der Waals surface area contributed by atoms with E-state index < -0.39 is 17.8 Å². The molecule has 2 aliphatic heterocycles. The monoisotopic (exact) mass is 365 g/mol. The molecule has 2 aliphatic rings. The lowest BCUT2D eigenvalue weighted by Crippen LogP contribution is -2.51. The van der Waals surface area contributed by atoms with E-state index in [4.69, 9.17) is 0 Å². The molecule has 1 N–H and O–H groups in total. The fraction of sp³-hybridized carbons (Fsp3) is 0.471. The molecule has 0 unspecified atom stereocenters. The average Bonchev–Trinajstić information content (AvgIpc) is 3.03. The highest BCUT2D eigenvalue weighted by Gasteiger charge is 2.53. The molecule has 2 heterocycles. The number of fused-ring (bicyclic) bond motifs is 1. The minimum Gasteiger partial charge on any atom is -0.335 e. The van der Waals surface area contributed by atoms with E-state index >= 15 is 0 Å². The van der Waals surface area contributed by atoms with Crippen LogP contribution < -0.4 is 5.32 Å². The first-order valence-electron chi connectivity index (χ1n) is 8.07. The number of hydrogen-bond acceptors (Lipinski definition) is 4. The summed E-state index contributed by atoms with van der Waals surface area (Å²) < 4.78 is 13.2. The number of anilines is 1. The summed E-state index contributed by atoms with van der Waals surface area (Å²) in [5, 5.41) is 2.56. The highest BCUT2D eigenvalue weighted by atomic mass is 32.2. The molecule has 6 nitrogen and oxygen atoms in total. The topological polar surface area (TPSA) is 69.7 Å². The van der Waals surface area contributed by atoms with E-state index in [1.165, 1.54) is 30.1 Å². The molecule has 3 amide bonds. The minimum atomic E-state index is -0.531. The number of rotatable bonds is 4. The van der Waals surface area contributed by atoms with Gasteiger partial charge in [-0.1, -0.05) is 6.07 Å². The minimum absolute atomic E-state index is 0.0107. The van der Waals surface area contributed by atoms with Crippen LogP contribution in [-0.2, 0) is 14.4 Å². The van der Waals surface area contributed by atoms with Crippen LogP contribution in [0.25, 0.3) is 0 Å². The van der Waals surface area contributed by atoms with E-state index in [1.807, 2.05) is 6.92 Å². The predicted octanol–water partition coefficient (Wildman–Crippen LogP) is 1.68. The van der Waals surface area contributed by atoms with Crippen molar-refractivity contribution in [1.82, 2.24) is 9.80 Å². The van der Waals surface area contributed by atoms with Crippen LogP contribution in [-0.4, -0.2) is 57.8 Å². The average molecular weight is 365 g/mol. The van der Waals surface area contributed by atoms with Crippen molar-refractivity contribution in [3.8, 4) is 0 Å². The molecule has 2 fully saturated rings. The Morgan fingerprint density at radius 3 is 2.96 bits per heavy atom. The van der Waals surface area contributed by atoms with Gasteiger partial charge in [0.2, 0.25) is 17.7 Å². The maximum atomic E-state index is 13.2. The lowest BCUT2D eigenvalue weighted by molar-refractivity contribution is -0.143. The van der Waals surface area contributed by atoms with Crippen molar-refractivity contribution < 1.29 is 18.8 Å². The molecule has 0 aromatic heterocycles. The summed E-state index contributed by atoms with van der Waals surface area (Å²) >= 11 is 1.61. The van der Waals surface area contributed by atoms with Crippen LogP contribution in [0, 0.1) is 5.82 Å². The SMILES string of the molecule is CN(CC(=O)Nc1cccc(F)c1)C(=O)[C@H]1CS[C@@]2(C)CCC(=O)N12. The van der Waals surface area contributed by atoms with Gasteiger partial charge < -0.3 is 15.1 Å². The Morgan fingerprint density at radius 1 is 1.48 bits per heavy atom. The third-order valence-corrected chi connectivity index (χ3v) is 6.10. The maximum Gasteiger partial charge on any atom is 0.246 e. The largest absolute Gasteiger partial charge is 0.335 e. The highest BCUT2D eigenvalue weighted by molar-refractivity contribution is 8.01. The lowest BCUT2D eigenvalue weighted by Gasteiger charge is -2.31. The van der Waals surface area contributed by atoms with E-state index in [-0.39, 0.29) is 23.2 Å². The van der Waals surface area contributed by atoms with Gasteiger partial charge in [-0.3, -0.25) is 14.4 Å². The van der Waals surface area contributed by atoms with Gasteiger partial charge in [-0.05, 0) is 31.5 Å². The van der Waals surface area contributed by atoms with E-state index in [2.05, 4.69) is 5.32 Å². The van der Waals surface area contributed by atoms with E-state index in [0.717, 1.165) is 6.42 Å². The fourth-order valence-electron chi connectivity index (χ4n) is 3.32. The zero-order chi connectivity index (χ0) is 18.2. The van der Waals surface area contributed by atoms with Crippen LogP contribution in [0.15, 0.2) is 24.3 Å². The Hall–Kier alpha value is -2.09. The molecule has 3 rings (SSSR count). The molecule has 0 spiro atoms. The predicted molar refractivity (Wildman–Crippen MR) is 93.4 cm³/mol. The summed E-state index contributed by atoms with van der Waals surface area (Å²) in [5.41, 5.74) is 0.338. The summed E-state index contributed by atoms with van der Waals surface area (Å²) in [5.74, 6) is -0.583. The van der Waals surface area contributed by atoms with Crippen molar-refractivity contribution in [2.24, 2.45) is 0 Å². The molecular weight excluding hydrogens is 345 g/mol. The molecule has 25 heavy (non-hydrogen) atoms. The first-order valence-corrected chi connectivity index (χ1v) is 9.05. The number of thioether (sulfide) groups is 1. The van der Waals surface area contributed by atoms with Gasteiger partial charge in [0, 0.05) is 24.9 Å². The Kier molecular flexibility index (Phi) is 4.73. The zero-order valence-electron chi connectivity index (χ0n) is 14.1. The molecule has 134 valence electrons. The van der Waals surface area contributed by atoms with Crippen LogP contribution in [0.4, 0.5) is 10.1 Å². The molecule has 2 atom stereocenters. The highest BCUT2D eigenvalue weighted by Crippen LogP contribution is 2.47. The Bertz CT molecular complexity index is 729. The van der Waals surface area contributed by atoms with Crippen molar-refractivity contribution in [3.05, 3.63) is 30.1 Å². The van der Waals surface area contributed by atoms with E-state index in [9.17, 15) is 18.8 Å². The normalized spacial score (nSPS) is 25.0. The third-order valence-electron chi connectivity index (χ3n) is 4.60. The molecule has 0 aliphatic carbocycles. The Morgan fingerprint density at radius 2 is 2.24 bits per heavy atom. The summed E-state index contributed by atoms with van der Waals surface area (Å²) in [6.45, 7) is 1.82. The first-order chi connectivity index (χ1) is 11.8. The summed E-state index contributed by atoms with van der Waals surface area (Å²) in [4.78, 5) is 39.6. The van der Waals surface area contributed by atoms with Crippen LogP contribution in [0.3, 0.4) is 0 Å². The van der Waals surface area contributed by atoms with Gasteiger partial charge in [-0.15, -0.1) is 11.8 Å². The van der Waals surface area contributed by atoms with Crippen molar-refractivity contribution in [3.63, 3.8) is 0 Å². The van der Waals surface area contributed by atoms with E-state index in [1.54, 1.807) is 22.7 Å². The van der Waals surface area contributed by atoms with Crippen molar-refractivity contribution in [1.29, 1.82) is 0 Å². The van der Waals surface area contributed by atoms with Crippen molar-refractivity contribution in [2.75, 3.05) is 24.7 Å². The number of hydrogen-bond donors (Lipinski definition) is 1. The van der Waals surface area contributed by atoms with Crippen molar-refractivity contribution >= 4 is 35.2 Å². The van der Waals surface area contributed by atoms with Crippen LogP contribution >= 0.6 is 11.8 Å². The number of carbonyl (C=O) groups is 3. The molecule has 1 aromatic rings. The van der Waals surface area contributed by atoms with Gasteiger partial charge in [-0.25, -0.2) is 4.39 Å². The van der Waals surface area contributed by atoms with Crippen LogP contribution in [0.5, 0.6) is 0 Å². The number of amides is 3. The molecule has 8 heteroatoms. The van der Waals surface area contributed by atoms with Gasteiger partial charge in [0.25, 0.3) is 0 Å². The summed E-state index contributed by atoms with van der Waals surface area (Å²) in [6.07, 6.45) is 1.20. The van der Waals surface area contributed by atoms with E-state index in [0.29, 0.717) is 17.9 Å². The number of nitrogens with one attached hydrogen (secondary N) is 1. The number of likely N-dealkylation sites (N-methyl/N-ethyl adjacent to an activating group) is 1. The Balaban J connectivity index is 1.61. The lowest BCUT2D eigenvalue weighted by atomic mass is 10.2. The molecule has 1 aromatic carbocycles. The molecule has 2 saturated heterocycles. The Labute approximate surface area is 149 Å². The third kappa shape index (κ3) is 3.49. The van der Waals surface area contributed by atoms with Crippen LogP contribution in [0.1, 0.15) is 19.8 Å². The molecular formula is C17H20FN3O3S. The second-order valence-corrected chi connectivity index (χ2v) is 8.02. The number of halogens is 1. The molecule has 0 saturated carbocycles. The number of nitrogens with zero attached hydrogens (tertiary/aromatic N) is 2. The standard InChI is InChI=1S/C17H20FN3O3S/c1-17-7-6-15(23)21(17)13(10-25-17)16(24)20(2)9-14(22)19-12-5-3-4-11(18)8-12/h3-5,8,13H,6-7,9-10H2,1-2H3,(H,19,22)/t13-,17+/m1/s1. The first kappa shape index (κ1) is 17.7. The summed E-state index contributed by atoms with van der Waals surface area (Å²) in [6, 6.07) is 5.03. The quantitative estimate of drug-likeness (QED) is 0.881. The maximum absolute atomic E-state index is 13.2. The second-order valence-electron chi connectivity index (χ2n) is 6.52. The summed E-state index contributed by atoms with van der Waals surface area (Å²) in [7, 11) is 1.54. The molecule has 0 radical (unpaired) electrons. The fourth-order valence-corrected chi connectivity index (χ4v) is 4.74. The van der Waals surface area contributed by atoms with Crippen molar-refractivity contribution in [2.45, 2.75) is 30.7 Å². The van der Waals surface area contributed by atoms with Gasteiger partial charge >= 0.3 is 0 Å². The smallest absolute Gasteiger partial charge is 0.246 e. The second kappa shape index (κ2) is 6.67. The number of benzene rings is 1. The van der Waals surface area contributed by atoms with Gasteiger partial charge in [0.05, 0.1) is 11.4 Å². The van der Waals surface area contributed by atoms with Gasteiger partial charge in [0.1, 0.15) is 11.9 Å². The van der Waals surface area contributed by atoms with Gasteiger partial charge in [0.15, 0.2) is 0 Å². The van der Waals surface area contributed by atoms with Crippen LogP contribution in [0.2, 0.25) is 0 Å². The molecule has 0 bridgehead atoms. The number of carbonyl (C=O) groups excluding carboxylic acids is 3. The van der Waals surface area contributed by atoms with Gasteiger partial charge in [-0.2, -0.15) is 0 Å². The zero-order valence-corrected chi connectivity index (χ0v) is 14.9.